The lowest BCUT2D eigenvalue weighted by Gasteiger charge is -2.14. The average molecular weight is 288 g/mol. The summed E-state index contributed by atoms with van der Waals surface area (Å²) in [5, 5.41) is 13.3. The first-order chi connectivity index (χ1) is 10.0. The van der Waals surface area contributed by atoms with Crippen LogP contribution in [0.2, 0.25) is 0 Å². The molecule has 0 fully saturated rings. The summed E-state index contributed by atoms with van der Waals surface area (Å²) >= 11 is 0. The molecule has 1 heterocycles. The first-order valence-electron chi connectivity index (χ1n) is 6.67. The Hall–Kier alpha value is -2.63. The number of carbonyl (C=O) groups excluding carboxylic acids is 1. The van der Waals surface area contributed by atoms with Crippen LogP contribution >= 0.6 is 0 Å². The van der Waals surface area contributed by atoms with E-state index in [4.69, 9.17) is 4.42 Å². The van der Waals surface area contributed by atoms with Crippen LogP contribution in [-0.2, 0) is 0 Å². The van der Waals surface area contributed by atoms with Crippen LogP contribution in [0.15, 0.2) is 40.8 Å². The zero-order valence-corrected chi connectivity index (χ0v) is 11.8. The van der Waals surface area contributed by atoms with Gasteiger partial charge in [0.1, 0.15) is 4.92 Å². The van der Waals surface area contributed by atoms with Crippen molar-refractivity contribution in [1.29, 1.82) is 0 Å². The fraction of sp³-hybridized carbons (Fsp3) is 0.267. The van der Waals surface area contributed by atoms with Gasteiger partial charge in [-0.15, -0.1) is 0 Å². The number of benzene rings is 1. The highest BCUT2D eigenvalue weighted by atomic mass is 16.6. The number of hydrogen-bond acceptors (Lipinski definition) is 4. The zero-order chi connectivity index (χ0) is 15.4. The van der Waals surface area contributed by atoms with Crippen molar-refractivity contribution in [2.75, 3.05) is 5.32 Å². The minimum absolute atomic E-state index is 0.0827. The van der Waals surface area contributed by atoms with Gasteiger partial charge in [-0.25, -0.2) is 0 Å². The van der Waals surface area contributed by atoms with Crippen LogP contribution in [0.3, 0.4) is 0 Å². The molecule has 0 aliphatic heterocycles. The van der Waals surface area contributed by atoms with Gasteiger partial charge in [-0.1, -0.05) is 32.0 Å². The molecule has 2 rings (SSSR count). The molecule has 1 aromatic carbocycles. The number of amides is 1. The fourth-order valence-electron chi connectivity index (χ4n) is 1.99. The van der Waals surface area contributed by atoms with E-state index in [0.29, 0.717) is 11.6 Å². The van der Waals surface area contributed by atoms with E-state index < -0.39 is 16.7 Å². The summed E-state index contributed by atoms with van der Waals surface area (Å²) in [6.07, 6.45) is 0.944. The fourth-order valence-corrected chi connectivity index (χ4v) is 1.99. The molecule has 6 nitrogen and oxygen atoms in total. The molecule has 0 saturated heterocycles. The van der Waals surface area contributed by atoms with Crippen LogP contribution in [0.4, 0.5) is 11.6 Å². The largest absolute Gasteiger partial charge is 0.433 e. The van der Waals surface area contributed by atoms with Crippen LogP contribution in [0, 0.1) is 10.1 Å². The number of nitro groups is 1. The van der Waals surface area contributed by atoms with E-state index in [9.17, 15) is 14.9 Å². The van der Waals surface area contributed by atoms with Crippen LogP contribution in [-0.4, -0.2) is 10.8 Å². The van der Waals surface area contributed by atoms with Gasteiger partial charge in [-0.3, -0.25) is 14.9 Å². The number of nitrogens with one attached hydrogen (secondary N) is 1. The minimum Gasteiger partial charge on any atom is -0.395 e. The third-order valence-electron chi connectivity index (χ3n) is 3.35. The molecule has 21 heavy (non-hydrogen) atoms. The second-order valence-electron chi connectivity index (χ2n) is 4.75. The Labute approximate surface area is 121 Å². The van der Waals surface area contributed by atoms with E-state index in [1.54, 1.807) is 6.07 Å². The highest BCUT2D eigenvalue weighted by Gasteiger charge is 2.18. The van der Waals surface area contributed by atoms with Crippen LogP contribution in [0.5, 0.6) is 0 Å². The maximum atomic E-state index is 12.1. The summed E-state index contributed by atoms with van der Waals surface area (Å²) in [6, 6.07) is 9.95. The molecule has 1 atom stereocenters. The second kappa shape index (κ2) is 6.21. The maximum Gasteiger partial charge on any atom is 0.433 e. The predicted molar refractivity (Wildman–Crippen MR) is 78.5 cm³/mol. The highest BCUT2D eigenvalue weighted by Crippen LogP contribution is 2.27. The van der Waals surface area contributed by atoms with Gasteiger partial charge >= 0.3 is 5.88 Å². The Morgan fingerprint density at radius 1 is 1.33 bits per heavy atom. The van der Waals surface area contributed by atoms with Gasteiger partial charge in [0.25, 0.3) is 5.91 Å². The van der Waals surface area contributed by atoms with Gasteiger partial charge in [0.2, 0.25) is 0 Å². The van der Waals surface area contributed by atoms with E-state index in [0.717, 1.165) is 18.1 Å². The molecule has 0 saturated carbocycles. The Morgan fingerprint density at radius 3 is 2.67 bits per heavy atom. The van der Waals surface area contributed by atoms with Crippen LogP contribution < -0.4 is 5.32 Å². The average Bonchev–Trinajstić information content (AvgIpc) is 2.97. The van der Waals surface area contributed by atoms with Crippen molar-refractivity contribution in [3.8, 4) is 0 Å². The molecule has 110 valence electrons. The van der Waals surface area contributed by atoms with Crippen molar-refractivity contribution in [1.82, 2.24) is 0 Å². The number of furan rings is 1. The van der Waals surface area contributed by atoms with Gasteiger partial charge in [-0.2, -0.15) is 0 Å². The van der Waals surface area contributed by atoms with Crippen LogP contribution in [0.1, 0.15) is 42.3 Å². The number of para-hydroxylation sites is 1. The van der Waals surface area contributed by atoms with Crippen molar-refractivity contribution in [2.45, 2.75) is 26.2 Å². The molecule has 1 aromatic heterocycles. The van der Waals surface area contributed by atoms with Gasteiger partial charge < -0.3 is 9.73 Å². The third-order valence-corrected chi connectivity index (χ3v) is 3.35. The molecule has 0 unspecified atom stereocenters. The van der Waals surface area contributed by atoms with E-state index in [1.165, 1.54) is 6.07 Å². The number of rotatable bonds is 5. The van der Waals surface area contributed by atoms with Gasteiger partial charge in [-0.05, 0) is 30.0 Å². The van der Waals surface area contributed by atoms with Gasteiger partial charge in [0.15, 0.2) is 5.76 Å². The second-order valence-corrected chi connectivity index (χ2v) is 4.75. The minimum atomic E-state index is -0.677. The van der Waals surface area contributed by atoms with Crippen molar-refractivity contribution in [3.63, 3.8) is 0 Å². The number of nitrogens with zero attached hydrogens (tertiary/aromatic N) is 1. The lowest BCUT2D eigenvalue weighted by molar-refractivity contribution is -0.402. The monoisotopic (exact) mass is 288 g/mol. The Kier molecular flexibility index (Phi) is 4.37. The van der Waals surface area contributed by atoms with Gasteiger partial charge in [0, 0.05) is 5.69 Å². The standard InChI is InChI=1S/C15H16N2O4/c1-3-10(2)11-6-4-5-7-12(11)16-15(18)13-8-9-14(21-13)17(19)20/h4-10H,3H2,1-2H3,(H,16,18)/t10-/m0/s1. The Bertz CT molecular complexity index is 663. The van der Waals surface area contributed by atoms with Crippen molar-refractivity contribution in [3.05, 3.63) is 57.8 Å². The number of hydrogen-bond donors (Lipinski definition) is 1. The molecule has 6 heteroatoms. The molecule has 0 spiro atoms. The first kappa shape index (κ1) is 14.8. The van der Waals surface area contributed by atoms with E-state index in [-0.39, 0.29) is 5.76 Å². The quantitative estimate of drug-likeness (QED) is 0.666. The van der Waals surface area contributed by atoms with E-state index in [1.807, 2.05) is 18.2 Å². The highest BCUT2D eigenvalue weighted by molar-refractivity contribution is 6.02. The summed E-state index contributed by atoms with van der Waals surface area (Å²) in [5.74, 6) is -0.734. The summed E-state index contributed by atoms with van der Waals surface area (Å²) in [4.78, 5) is 22.0. The summed E-state index contributed by atoms with van der Waals surface area (Å²) in [5.41, 5.74) is 1.71. The summed E-state index contributed by atoms with van der Waals surface area (Å²) < 4.78 is 4.89. The Balaban J connectivity index is 2.21. The first-order valence-corrected chi connectivity index (χ1v) is 6.67. The molecular formula is C15H16N2O4. The van der Waals surface area contributed by atoms with Crippen molar-refractivity contribution in [2.24, 2.45) is 0 Å². The molecule has 0 bridgehead atoms. The lowest BCUT2D eigenvalue weighted by Crippen LogP contribution is -2.13. The van der Waals surface area contributed by atoms with Crippen molar-refractivity contribution >= 4 is 17.5 Å². The molecule has 1 N–H and O–H groups in total. The topological polar surface area (TPSA) is 85.4 Å². The number of carbonyl (C=O) groups is 1. The molecule has 0 aliphatic rings. The smallest absolute Gasteiger partial charge is 0.395 e. The molecule has 2 aromatic rings. The summed E-state index contributed by atoms with van der Waals surface area (Å²) in [6.45, 7) is 4.14. The predicted octanol–water partition coefficient (Wildman–Crippen LogP) is 3.95. The van der Waals surface area contributed by atoms with E-state index in [2.05, 4.69) is 19.2 Å². The third kappa shape index (κ3) is 3.28. The molecule has 1 amide bonds. The van der Waals surface area contributed by atoms with E-state index >= 15 is 0 Å². The van der Waals surface area contributed by atoms with Gasteiger partial charge in [0.05, 0.1) is 6.07 Å². The maximum absolute atomic E-state index is 12.1. The molecule has 0 aliphatic carbocycles. The van der Waals surface area contributed by atoms with Crippen LogP contribution in [0.25, 0.3) is 0 Å². The molecule has 0 radical (unpaired) electrons. The summed E-state index contributed by atoms with van der Waals surface area (Å²) in [7, 11) is 0. The molecular weight excluding hydrogens is 272 g/mol. The lowest BCUT2D eigenvalue weighted by atomic mass is 9.97. The normalized spacial score (nSPS) is 11.9. The Morgan fingerprint density at radius 2 is 2.05 bits per heavy atom. The SMILES string of the molecule is CC[C@H](C)c1ccccc1NC(=O)c1ccc([N+](=O)[O-])o1. The van der Waals surface area contributed by atoms with Crippen molar-refractivity contribution < 1.29 is 14.1 Å². The zero-order valence-electron chi connectivity index (χ0n) is 11.8. The number of anilines is 1.